The van der Waals surface area contributed by atoms with Crippen molar-refractivity contribution in [1.82, 2.24) is 5.32 Å². The Balaban J connectivity index is 2.02. The van der Waals surface area contributed by atoms with E-state index in [1.165, 1.54) is 0 Å². The first-order chi connectivity index (χ1) is 9.58. The second-order valence-corrected chi connectivity index (χ2v) is 5.46. The summed E-state index contributed by atoms with van der Waals surface area (Å²) in [5.41, 5.74) is 7.87. The summed E-state index contributed by atoms with van der Waals surface area (Å²) in [6.45, 7) is 2.22. The molecule has 110 valence electrons. The highest BCUT2D eigenvalue weighted by Gasteiger charge is 2.17. The van der Waals surface area contributed by atoms with Crippen LogP contribution in [0.2, 0.25) is 0 Å². The van der Waals surface area contributed by atoms with E-state index < -0.39 is 0 Å². The van der Waals surface area contributed by atoms with Crippen molar-refractivity contribution in [2.45, 2.75) is 12.8 Å². The molecule has 1 aliphatic heterocycles. The quantitative estimate of drug-likeness (QED) is 0.818. The van der Waals surface area contributed by atoms with Gasteiger partial charge in [-0.25, -0.2) is 0 Å². The van der Waals surface area contributed by atoms with Crippen LogP contribution in [0.4, 0.5) is 11.4 Å². The van der Waals surface area contributed by atoms with Crippen LogP contribution < -0.4 is 16.0 Å². The van der Waals surface area contributed by atoms with Crippen molar-refractivity contribution in [1.29, 1.82) is 0 Å². The van der Waals surface area contributed by atoms with Crippen LogP contribution in [0.25, 0.3) is 0 Å². The lowest BCUT2D eigenvalue weighted by Gasteiger charge is -2.23. The fraction of sp³-hybridized carbons (Fsp3) is 0.533. The predicted octanol–water partition coefficient (Wildman–Crippen LogP) is 1.49. The number of carbonyl (C=O) groups excluding carboxylic acids is 1. The largest absolute Gasteiger partial charge is 0.399 e. The molecular formula is C15H23N3O2. The average Bonchev–Trinajstić information content (AvgIpc) is 2.45. The molecule has 2 rings (SSSR count). The normalized spacial score (nSPS) is 18.6. The Bertz CT molecular complexity index is 468. The van der Waals surface area contributed by atoms with Gasteiger partial charge in [0.15, 0.2) is 0 Å². The summed E-state index contributed by atoms with van der Waals surface area (Å²) < 4.78 is 5.42. The molecule has 5 heteroatoms. The summed E-state index contributed by atoms with van der Waals surface area (Å²) in [6, 6.07) is 5.40. The third-order valence-electron chi connectivity index (χ3n) is 3.55. The Kier molecular flexibility index (Phi) is 4.84. The second kappa shape index (κ2) is 6.61. The summed E-state index contributed by atoms with van der Waals surface area (Å²) >= 11 is 0. The summed E-state index contributed by atoms with van der Waals surface area (Å²) in [4.78, 5) is 14.2. The zero-order chi connectivity index (χ0) is 14.5. The van der Waals surface area contributed by atoms with Crippen molar-refractivity contribution in [2.75, 3.05) is 44.5 Å². The first kappa shape index (κ1) is 14.7. The number of nitrogens with one attached hydrogen (secondary N) is 1. The fourth-order valence-electron chi connectivity index (χ4n) is 2.43. The zero-order valence-electron chi connectivity index (χ0n) is 12.2. The van der Waals surface area contributed by atoms with E-state index in [2.05, 4.69) is 5.32 Å². The van der Waals surface area contributed by atoms with Crippen molar-refractivity contribution in [3.05, 3.63) is 23.8 Å². The van der Waals surface area contributed by atoms with Crippen molar-refractivity contribution in [3.63, 3.8) is 0 Å². The maximum atomic E-state index is 12.3. The molecule has 1 unspecified atom stereocenters. The topological polar surface area (TPSA) is 67.6 Å². The van der Waals surface area contributed by atoms with Crippen molar-refractivity contribution >= 4 is 17.3 Å². The molecule has 3 N–H and O–H groups in total. The highest BCUT2D eigenvalue weighted by molar-refractivity contribution is 6.00. The predicted molar refractivity (Wildman–Crippen MR) is 81.1 cm³/mol. The molecule has 1 aliphatic rings. The fourth-order valence-corrected chi connectivity index (χ4v) is 2.43. The monoisotopic (exact) mass is 277 g/mol. The third-order valence-corrected chi connectivity index (χ3v) is 3.55. The molecule has 1 aromatic carbocycles. The van der Waals surface area contributed by atoms with Crippen LogP contribution >= 0.6 is 0 Å². The van der Waals surface area contributed by atoms with Crippen LogP contribution in [0.5, 0.6) is 0 Å². The number of amides is 1. The summed E-state index contributed by atoms with van der Waals surface area (Å²) in [5, 5.41) is 2.99. The van der Waals surface area contributed by atoms with Gasteiger partial charge in [-0.15, -0.1) is 0 Å². The van der Waals surface area contributed by atoms with Gasteiger partial charge in [-0.2, -0.15) is 0 Å². The molecule has 0 aliphatic carbocycles. The van der Waals surface area contributed by atoms with Crippen molar-refractivity contribution < 1.29 is 9.53 Å². The average molecular weight is 277 g/mol. The van der Waals surface area contributed by atoms with Gasteiger partial charge in [-0.05, 0) is 37.0 Å². The first-order valence-corrected chi connectivity index (χ1v) is 7.00. The van der Waals surface area contributed by atoms with Gasteiger partial charge in [-0.3, -0.25) is 4.79 Å². The van der Waals surface area contributed by atoms with Gasteiger partial charge in [0.05, 0.1) is 12.2 Å². The van der Waals surface area contributed by atoms with Gasteiger partial charge >= 0.3 is 0 Å². The maximum absolute atomic E-state index is 12.3. The Hall–Kier alpha value is -1.75. The lowest BCUT2D eigenvalue weighted by atomic mass is 10.0. The Morgan fingerprint density at radius 1 is 1.50 bits per heavy atom. The Morgan fingerprint density at radius 3 is 2.95 bits per heavy atom. The van der Waals surface area contributed by atoms with Crippen LogP contribution in [-0.2, 0) is 4.74 Å². The Labute approximate surface area is 120 Å². The SMILES string of the molecule is CN(C)c1ccc(N)cc1C(=O)NCC1CCCOC1. The molecule has 1 fully saturated rings. The number of nitrogens with zero attached hydrogens (tertiary/aromatic N) is 1. The number of hydrogen-bond donors (Lipinski definition) is 2. The molecule has 1 atom stereocenters. The van der Waals surface area contributed by atoms with Crippen molar-refractivity contribution in [2.24, 2.45) is 5.92 Å². The minimum atomic E-state index is -0.0772. The highest BCUT2D eigenvalue weighted by Crippen LogP contribution is 2.21. The van der Waals surface area contributed by atoms with E-state index in [-0.39, 0.29) is 5.91 Å². The number of nitrogen functional groups attached to an aromatic ring is 1. The molecule has 0 aromatic heterocycles. The van der Waals surface area contributed by atoms with E-state index in [0.29, 0.717) is 23.7 Å². The number of rotatable bonds is 4. The lowest BCUT2D eigenvalue weighted by molar-refractivity contribution is 0.0536. The highest BCUT2D eigenvalue weighted by atomic mass is 16.5. The zero-order valence-corrected chi connectivity index (χ0v) is 12.2. The van der Waals surface area contributed by atoms with Crippen LogP contribution in [0.3, 0.4) is 0 Å². The number of ether oxygens (including phenoxy) is 1. The molecule has 1 saturated heterocycles. The minimum Gasteiger partial charge on any atom is -0.399 e. The van der Waals surface area contributed by atoms with Crippen LogP contribution in [0, 0.1) is 5.92 Å². The molecule has 20 heavy (non-hydrogen) atoms. The second-order valence-electron chi connectivity index (χ2n) is 5.46. The number of benzene rings is 1. The standard InChI is InChI=1S/C15H23N3O2/c1-18(2)14-6-5-12(16)8-13(14)15(19)17-9-11-4-3-7-20-10-11/h5-6,8,11H,3-4,7,9-10,16H2,1-2H3,(H,17,19). The maximum Gasteiger partial charge on any atom is 0.253 e. The molecule has 0 bridgehead atoms. The van der Waals surface area contributed by atoms with Crippen LogP contribution in [-0.4, -0.2) is 39.8 Å². The van der Waals surface area contributed by atoms with E-state index in [0.717, 1.165) is 31.7 Å². The lowest BCUT2D eigenvalue weighted by Crippen LogP contribution is -2.34. The number of anilines is 2. The summed E-state index contributed by atoms with van der Waals surface area (Å²) in [7, 11) is 3.83. The van der Waals surface area contributed by atoms with E-state index in [1.807, 2.05) is 25.1 Å². The number of nitrogens with two attached hydrogens (primary N) is 1. The van der Waals surface area contributed by atoms with Crippen LogP contribution in [0.15, 0.2) is 18.2 Å². The molecule has 0 radical (unpaired) electrons. The van der Waals surface area contributed by atoms with Gasteiger partial charge in [-0.1, -0.05) is 0 Å². The van der Waals surface area contributed by atoms with E-state index in [1.54, 1.807) is 12.1 Å². The van der Waals surface area contributed by atoms with Crippen LogP contribution in [0.1, 0.15) is 23.2 Å². The van der Waals surface area contributed by atoms with Gasteiger partial charge in [0.2, 0.25) is 0 Å². The molecule has 1 heterocycles. The van der Waals surface area contributed by atoms with Crippen molar-refractivity contribution in [3.8, 4) is 0 Å². The Morgan fingerprint density at radius 2 is 2.30 bits per heavy atom. The molecule has 1 aromatic rings. The minimum absolute atomic E-state index is 0.0772. The number of carbonyl (C=O) groups is 1. The van der Waals surface area contributed by atoms with E-state index >= 15 is 0 Å². The third kappa shape index (κ3) is 3.63. The molecule has 0 spiro atoms. The van der Waals surface area contributed by atoms with Gasteiger partial charge < -0.3 is 20.7 Å². The summed E-state index contributed by atoms with van der Waals surface area (Å²) in [6.07, 6.45) is 2.18. The smallest absolute Gasteiger partial charge is 0.253 e. The van der Waals surface area contributed by atoms with Gasteiger partial charge in [0, 0.05) is 38.6 Å². The van der Waals surface area contributed by atoms with Gasteiger partial charge in [0.25, 0.3) is 5.91 Å². The first-order valence-electron chi connectivity index (χ1n) is 7.00. The molecule has 1 amide bonds. The molecular weight excluding hydrogens is 254 g/mol. The van der Waals surface area contributed by atoms with E-state index in [9.17, 15) is 4.79 Å². The van der Waals surface area contributed by atoms with E-state index in [4.69, 9.17) is 10.5 Å². The molecule has 0 saturated carbocycles. The molecule has 5 nitrogen and oxygen atoms in total. The number of hydrogen-bond acceptors (Lipinski definition) is 4. The van der Waals surface area contributed by atoms with Gasteiger partial charge in [0.1, 0.15) is 0 Å². The summed E-state index contributed by atoms with van der Waals surface area (Å²) in [5.74, 6) is 0.336.